The van der Waals surface area contributed by atoms with E-state index in [0.29, 0.717) is 11.6 Å². The third-order valence-electron chi connectivity index (χ3n) is 5.24. The highest BCUT2D eigenvalue weighted by Gasteiger charge is 2.25. The molecule has 8 heteroatoms. The van der Waals surface area contributed by atoms with E-state index in [1.54, 1.807) is 24.3 Å². The Morgan fingerprint density at radius 3 is 2.50 bits per heavy atom. The van der Waals surface area contributed by atoms with Crippen molar-refractivity contribution in [2.24, 2.45) is 5.92 Å². The molecule has 0 bridgehead atoms. The number of halogens is 1. The van der Waals surface area contributed by atoms with Gasteiger partial charge in [-0.2, -0.15) is 0 Å². The number of nitrogens with zero attached hydrogens (tertiary/aromatic N) is 1. The minimum Gasteiger partial charge on any atom is -0.355 e. The van der Waals surface area contributed by atoms with Crippen molar-refractivity contribution in [2.75, 3.05) is 26.2 Å². The van der Waals surface area contributed by atoms with Crippen molar-refractivity contribution < 1.29 is 13.2 Å². The Labute approximate surface area is 183 Å². The van der Waals surface area contributed by atoms with Crippen molar-refractivity contribution in [3.63, 3.8) is 0 Å². The number of carbonyl (C=O) groups is 1. The Bertz CT molecular complexity index is 947. The van der Waals surface area contributed by atoms with Gasteiger partial charge < -0.3 is 5.32 Å². The predicted molar refractivity (Wildman–Crippen MR) is 119 cm³/mol. The molecule has 1 aliphatic heterocycles. The summed E-state index contributed by atoms with van der Waals surface area (Å²) in [6.45, 7) is 4.77. The van der Waals surface area contributed by atoms with Gasteiger partial charge in [0.25, 0.3) is 0 Å². The summed E-state index contributed by atoms with van der Waals surface area (Å²) in [5, 5.41) is 3.58. The SMILES string of the molecule is Cc1ccc(S(=O)(=O)NCCNC(=O)[C@H]2CCCN(Cc3ccc(Cl)cc3)C2)cc1. The third kappa shape index (κ3) is 6.54. The van der Waals surface area contributed by atoms with Gasteiger partial charge in [-0.3, -0.25) is 9.69 Å². The van der Waals surface area contributed by atoms with Gasteiger partial charge in [0.05, 0.1) is 10.8 Å². The van der Waals surface area contributed by atoms with Gasteiger partial charge >= 0.3 is 0 Å². The lowest BCUT2D eigenvalue weighted by Gasteiger charge is -2.32. The summed E-state index contributed by atoms with van der Waals surface area (Å²) in [6, 6.07) is 14.4. The van der Waals surface area contributed by atoms with Gasteiger partial charge in [-0.25, -0.2) is 13.1 Å². The van der Waals surface area contributed by atoms with E-state index in [2.05, 4.69) is 14.9 Å². The van der Waals surface area contributed by atoms with Gasteiger partial charge in [0.1, 0.15) is 0 Å². The van der Waals surface area contributed by atoms with Crippen LogP contribution < -0.4 is 10.0 Å². The quantitative estimate of drug-likeness (QED) is 0.607. The fraction of sp³-hybridized carbons (Fsp3) is 0.409. The smallest absolute Gasteiger partial charge is 0.240 e. The third-order valence-corrected chi connectivity index (χ3v) is 6.97. The first-order chi connectivity index (χ1) is 14.3. The molecule has 0 unspecified atom stereocenters. The van der Waals surface area contributed by atoms with Crippen LogP contribution in [0.1, 0.15) is 24.0 Å². The second-order valence-electron chi connectivity index (χ2n) is 7.70. The highest BCUT2D eigenvalue weighted by Crippen LogP contribution is 2.19. The van der Waals surface area contributed by atoms with E-state index in [-0.39, 0.29) is 29.8 Å². The van der Waals surface area contributed by atoms with Crippen molar-refractivity contribution in [2.45, 2.75) is 31.2 Å². The standard InChI is InChI=1S/C22H28ClN3O3S/c1-17-4-10-21(11-5-17)30(28,29)25-13-12-24-22(27)19-3-2-14-26(16-19)15-18-6-8-20(23)9-7-18/h4-11,19,25H,2-3,12-16H2,1H3,(H,24,27)/t19-/m0/s1. The lowest BCUT2D eigenvalue weighted by atomic mass is 9.96. The Morgan fingerprint density at radius 2 is 1.80 bits per heavy atom. The van der Waals surface area contributed by atoms with Crippen LogP contribution in [0.15, 0.2) is 53.4 Å². The van der Waals surface area contributed by atoms with Gasteiger partial charge in [0.15, 0.2) is 0 Å². The number of benzene rings is 2. The number of carbonyl (C=O) groups excluding carboxylic acids is 1. The maximum atomic E-state index is 12.5. The first-order valence-electron chi connectivity index (χ1n) is 10.1. The number of amides is 1. The second-order valence-corrected chi connectivity index (χ2v) is 9.91. The monoisotopic (exact) mass is 449 g/mol. The van der Waals surface area contributed by atoms with Crippen LogP contribution in [0.3, 0.4) is 0 Å². The van der Waals surface area contributed by atoms with Crippen LogP contribution >= 0.6 is 11.6 Å². The molecule has 0 aliphatic carbocycles. The number of hydrogen-bond donors (Lipinski definition) is 2. The molecule has 6 nitrogen and oxygen atoms in total. The average molecular weight is 450 g/mol. The Kier molecular flexibility index (Phi) is 7.88. The van der Waals surface area contributed by atoms with Gasteiger partial charge in [0.2, 0.25) is 15.9 Å². The second kappa shape index (κ2) is 10.4. The summed E-state index contributed by atoms with van der Waals surface area (Å²) < 4.78 is 27.1. The molecule has 1 saturated heterocycles. The summed E-state index contributed by atoms with van der Waals surface area (Å²) in [5.41, 5.74) is 2.17. The lowest BCUT2D eigenvalue weighted by molar-refractivity contribution is -0.126. The zero-order valence-corrected chi connectivity index (χ0v) is 18.7. The van der Waals surface area contributed by atoms with Crippen LogP contribution in [0, 0.1) is 12.8 Å². The molecule has 1 aliphatic rings. The minimum absolute atomic E-state index is 0.0228. The lowest BCUT2D eigenvalue weighted by Crippen LogP contribution is -2.44. The van der Waals surface area contributed by atoms with Crippen molar-refractivity contribution in [1.29, 1.82) is 0 Å². The summed E-state index contributed by atoms with van der Waals surface area (Å²) in [6.07, 6.45) is 1.81. The molecule has 0 radical (unpaired) electrons. The molecular weight excluding hydrogens is 422 g/mol. The van der Waals surface area contributed by atoms with Crippen LogP contribution in [-0.4, -0.2) is 45.4 Å². The van der Waals surface area contributed by atoms with Crippen LogP contribution in [0.5, 0.6) is 0 Å². The molecule has 2 aromatic carbocycles. The number of aryl methyl sites for hydroxylation is 1. The number of nitrogens with one attached hydrogen (secondary N) is 2. The predicted octanol–water partition coefficient (Wildman–Crippen LogP) is 2.96. The average Bonchev–Trinajstić information content (AvgIpc) is 2.73. The van der Waals surface area contributed by atoms with E-state index in [9.17, 15) is 13.2 Å². The summed E-state index contributed by atoms with van der Waals surface area (Å²) >= 11 is 5.94. The maximum absolute atomic E-state index is 12.5. The number of rotatable bonds is 8. The van der Waals surface area contributed by atoms with Gasteiger partial charge in [-0.15, -0.1) is 0 Å². The molecule has 1 amide bonds. The van der Waals surface area contributed by atoms with Crippen LogP contribution in [0.25, 0.3) is 0 Å². The molecule has 1 heterocycles. The number of sulfonamides is 1. The van der Waals surface area contributed by atoms with E-state index in [4.69, 9.17) is 11.6 Å². The van der Waals surface area contributed by atoms with Crippen molar-refractivity contribution in [3.05, 3.63) is 64.7 Å². The van der Waals surface area contributed by atoms with Crippen LogP contribution in [-0.2, 0) is 21.4 Å². The Hall–Kier alpha value is -1.93. The highest BCUT2D eigenvalue weighted by atomic mass is 35.5. The number of piperidine rings is 1. The molecule has 162 valence electrons. The van der Waals surface area contributed by atoms with Gasteiger partial charge in [-0.05, 0) is 56.1 Å². The van der Waals surface area contributed by atoms with Gasteiger partial charge in [-0.1, -0.05) is 41.4 Å². The Morgan fingerprint density at radius 1 is 1.10 bits per heavy atom. The Balaban J connectivity index is 1.43. The first-order valence-corrected chi connectivity index (χ1v) is 12.0. The molecule has 3 rings (SSSR count). The molecule has 0 aromatic heterocycles. The number of likely N-dealkylation sites (tertiary alicyclic amines) is 1. The van der Waals surface area contributed by atoms with Crippen molar-refractivity contribution in [1.82, 2.24) is 14.9 Å². The molecule has 2 aromatic rings. The molecule has 1 atom stereocenters. The molecule has 2 N–H and O–H groups in total. The molecular formula is C22H28ClN3O3S. The summed E-state index contributed by atoms with van der Waals surface area (Å²) in [7, 11) is -3.57. The van der Waals surface area contributed by atoms with Crippen LogP contribution in [0.2, 0.25) is 5.02 Å². The molecule has 0 spiro atoms. The molecule has 30 heavy (non-hydrogen) atoms. The largest absolute Gasteiger partial charge is 0.355 e. The number of hydrogen-bond acceptors (Lipinski definition) is 4. The maximum Gasteiger partial charge on any atom is 0.240 e. The van der Waals surface area contributed by atoms with E-state index < -0.39 is 10.0 Å². The summed E-state index contributed by atoms with van der Waals surface area (Å²) in [4.78, 5) is 15.0. The fourth-order valence-electron chi connectivity index (χ4n) is 3.58. The minimum atomic E-state index is -3.57. The van der Waals surface area contributed by atoms with E-state index >= 15 is 0 Å². The fourth-order valence-corrected chi connectivity index (χ4v) is 4.74. The van der Waals surface area contributed by atoms with Crippen molar-refractivity contribution >= 4 is 27.5 Å². The normalized spacial score (nSPS) is 17.6. The molecule has 1 fully saturated rings. The van der Waals surface area contributed by atoms with E-state index in [1.807, 2.05) is 31.2 Å². The first kappa shape index (κ1) is 22.7. The van der Waals surface area contributed by atoms with Crippen LogP contribution in [0.4, 0.5) is 0 Å². The summed E-state index contributed by atoms with van der Waals surface area (Å²) in [5.74, 6) is -0.106. The molecule has 0 saturated carbocycles. The highest BCUT2D eigenvalue weighted by molar-refractivity contribution is 7.89. The zero-order chi connectivity index (χ0) is 21.6. The van der Waals surface area contributed by atoms with E-state index in [1.165, 1.54) is 5.56 Å². The van der Waals surface area contributed by atoms with Crippen molar-refractivity contribution in [3.8, 4) is 0 Å². The topological polar surface area (TPSA) is 78.5 Å². The van der Waals surface area contributed by atoms with Gasteiger partial charge in [0, 0.05) is 31.2 Å². The zero-order valence-electron chi connectivity index (χ0n) is 17.1. The van der Waals surface area contributed by atoms with E-state index in [0.717, 1.165) is 31.5 Å².